The number of fused-ring (bicyclic) bond motifs is 1. The molecule has 25 heavy (non-hydrogen) atoms. The zero-order valence-electron chi connectivity index (χ0n) is 16.1. The molecule has 1 aliphatic rings. The molecule has 0 saturated carbocycles. The number of nitrogens with zero attached hydrogens (tertiary/aromatic N) is 1. The SMILES string of the molecule is CCC1CCC([C@H](C)c2ccnc3ccc(OC)cc23)NCCC1C. The third kappa shape index (κ3) is 3.98. The monoisotopic (exact) mass is 340 g/mol. The van der Waals surface area contributed by atoms with E-state index in [2.05, 4.69) is 49.3 Å². The standard InChI is InChI=1S/C22H32N2O/c1-5-17-6-8-21(23-12-10-15(17)2)16(3)19-11-13-24-22-9-7-18(25-4)14-20(19)22/h7,9,11,13-17,21,23H,5-6,8,10,12H2,1-4H3/t15?,16-,17?,21?/m1/s1. The Morgan fingerprint density at radius 3 is 2.84 bits per heavy atom. The fourth-order valence-electron chi connectivity index (χ4n) is 4.43. The smallest absolute Gasteiger partial charge is 0.119 e. The minimum absolute atomic E-state index is 0.462. The largest absolute Gasteiger partial charge is 0.497 e. The Labute approximate surface area is 152 Å². The van der Waals surface area contributed by atoms with E-state index in [1.54, 1.807) is 7.11 Å². The van der Waals surface area contributed by atoms with Crippen LogP contribution in [0.2, 0.25) is 0 Å². The summed E-state index contributed by atoms with van der Waals surface area (Å²) in [7, 11) is 1.73. The minimum Gasteiger partial charge on any atom is -0.497 e. The highest BCUT2D eigenvalue weighted by Crippen LogP contribution is 2.33. The number of aromatic nitrogens is 1. The van der Waals surface area contributed by atoms with Crippen LogP contribution in [0.3, 0.4) is 0 Å². The van der Waals surface area contributed by atoms with Gasteiger partial charge < -0.3 is 10.1 Å². The fraction of sp³-hybridized carbons (Fsp3) is 0.591. The quantitative estimate of drug-likeness (QED) is 0.835. The summed E-state index contributed by atoms with van der Waals surface area (Å²) in [4.78, 5) is 4.54. The van der Waals surface area contributed by atoms with Crippen LogP contribution in [-0.4, -0.2) is 24.7 Å². The van der Waals surface area contributed by atoms with E-state index in [0.717, 1.165) is 29.6 Å². The second-order valence-corrected chi connectivity index (χ2v) is 7.64. The van der Waals surface area contributed by atoms with E-state index >= 15 is 0 Å². The molecule has 3 unspecified atom stereocenters. The molecule has 0 aliphatic carbocycles. The number of hydrogen-bond acceptors (Lipinski definition) is 3. The summed E-state index contributed by atoms with van der Waals surface area (Å²) in [5, 5.41) is 5.06. The fourth-order valence-corrected chi connectivity index (χ4v) is 4.43. The summed E-state index contributed by atoms with van der Waals surface area (Å²) in [5.74, 6) is 3.06. The molecule has 0 spiro atoms. The van der Waals surface area contributed by atoms with Crippen LogP contribution >= 0.6 is 0 Å². The summed E-state index contributed by atoms with van der Waals surface area (Å²) in [5.41, 5.74) is 2.43. The zero-order chi connectivity index (χ0) is 17.8. The van der Waals surface area contributed by atoms with Crippen molar-refractivity contribution in [1.82, 2.24) is 10.3 Å². The van der Waals surface area contributed by atoms with Crippen LogP contribution < -0.4 is 10.1 Å². The Morgan fingerprint density at radius 2 is 2.08 bits per heavy atom. The summed E-state index contributed by atoms with van der Waals surface area (Å²) in [6, 6.07) is 8.90. The van der Waals surface area contributed by atoms with Crippen molar-refractivity contribution in [2.45, 2.75) is 58.4 Å². The van der Waals surface area contributed by atoms with Crippen LogP contribution in [-0.2, 0) is 0 Å². The van der Waals surface area contributed by atoms with Crippen LogP contribution in [0.25, 0.3) is 10.9 Å². The van der Waals surface area contributed by atoms with Crippen molar-refractivity contribution >= 4 is 10.9 Å². The maximum absolute atomic E-state index is 5.44. The van der Waals surface area contributed by atoms with Gasteiger partial charge in [-0.15, -0.1) is 0 Å². The molecule has 136 valence electrons. The van der Waals surface area contributed by atoms with E-state index in [0.29, 0.717) is 12.0 Å². The predicted molar refractivity (Wildman–Crippen MR) is 105 cm³/mol. The first-order valence-corrected chi connectivity index (χ1v) is 9.80. The highest BCUT2D eigenvalue weighted by Gasteiger charge is 2.26. The van der Waals surface area contributed by atoms with Crippen LogP contribution in [0.5, 0.6) is 5.75 Å². The molecular formula is C22H32N2O. The molecule has 1 aromatic heterocycles. The Kier molecular flexibility index (Phi) is 5.95. The lowest BCUT2D eigenvalue weighted by atomic mass is 9.80. The van der Waals surface area contributed by atoms with E-state index in [9.17, 15) is 0 Å². The maximum atomic E-state index is 5.44. The molecule has 0 amide bonds. The molecule has 4 atom stereocenters. The van der Waals surface area contributed by atoms with Crippen molar-refractivity contribution in [1.29, 1.82) is 0 Å². The number of rotatable bonds is 4. The number of hydrogen-bond donors (Lipinski definition) is 1. The number of pyridine rings is 1. The van der Waals surface area contributed by atoms with E-state index in [1.807, 2.05) is 12.3 Å². The van der Waals surface area contributed by atoms with Crippen LogP contribution in [0.1, 0.15) is 57.9 Å². The first-order valence-electron chi connectivity index (χ1n) is 9.80. The summed E-state index contributed by atoms with van der Waals surface area (Å²) >= 11 is 0. The van der Waals surface area contributed by atoms with Gasteiger partial charge in [0.15, 0.2) is 0 Å². The van der Waals surface area contributed by atoms with Crippen LogP contribution in [0.4, 0.5) is 0 Å². The first kappa shape index (κ1) is 18.2. The minimum atomic E-state index is 0.462. The van der Waals surface area contributed by atoms with Crippen molar-refractivity contribution in [3.05, 3.63) is 36.0 Å². The molecule has 2 aromatic rings. The van der Waals surface area contributed by atoms with Gasteiger partial charge in [0, 0.05) is 17.6 Å². The van der Waals surface area contributed by atoms with Crippen molar-refractivity contribution < 1.29 is 4.74 Å². The van der Waals surface area contributed by atoms with Crippen molar-refractivity contribution in [3.8, 4) is 5.75 Å². The maximum Gasteiger partial charge on any atom is 0.119 e. The topological polar surface area (TPSA) is 34.1 Å². The molecule has 3 heteroatoms. The lowest BCUT2D eigenvalue weighted by Gasteiger charge is -2.33. The van der Waals surface area contributed by atoms with Gasteiger partial charge in [-0.05, 0) is 73.4 Å². The normalized spacial score (nSPS) is 26.0. The van der Waals surface area contributed by atoms with E-state index in [4.69, 9.17) is 4.74 Å². The Morgan fingerprint density at radius 1 is 1.24 bits per heavy atom. The first-order chi connectivity index (χ1) is 12.1. The number of methoxy groups -OCH3 is 1. The molecule has 3 rings (SSSR count). The highest BCUT2D eigenvalue weighted by atomic mass is 16.5. The van der Waals surface area contributed by atoms with Gasteiger partial charge in [-0.2, -0.15) is 0 Å². The van der Waals surface area contributed by atoms with Gasteiger partial charge in [-0.1, -0.05) is 27.2 Å². The lowest BCUT2D eigenvalue weighted by molar-refractivity contribution is 0.246. The Balaban J connectivity index is 1.86. The third-order valence-corrected chi connectivity index (χ3v) is 6.26. The van der Waals surface area contributed by atoms with Crippen molar-refractivity contribution in [3.63, 3.8) is 0 Å². The van der Waals surface area contributed by atoms with Gasteiger partial charge in [-0.25, -0.2) is 0 Å². The molecule has 1 fully saturated rings. The van der Waals surface area contributed by atoms with Crippen LogP contribution in [0, 0.1) is 11.8 Å². The van der Waals surface area contributed by atoms with Gasteiger partial charge in [-0.3, -0.25) is 4.98 Å². The molecule has 1 aromatic carbocycles. The molecule has 1 aliphatic heterocycles. The van der Waals surface area contributed by atoms with Gasteiger partial charge >= 0.3 is 0 Å². The van der Waals surface area contributed by atoms with E-state index in [1.165, 1.54) is 36.6 Å². The number of benzene rings is 1. The summed E-state index contributed by atoms with van der Waals surface area (Å²) in [6.45, 7) is 8.25. The van der Waals surface area contributed by atoms with Gasteiger partial charge in [0.1, 0.15) is 5.75 Å². The highest BCUT2D eigenvalue weighted by molar-refractivity contribution is 5.84. The van der Waals surface area contributed by atoms with Gasteiger partial charge in [0.25, 0.3) is 0 Å². The molecule has 1 saturated heterocycles. The molecule has 2 heterocycles. The van der Waals surface area contributed by atoms with Gasteiger partial charge in [0.2, 0.25) is 0 Å². The second-order valence-electron chi connectivity index (χ2n) is 7.64. The zero-order valence-corrected chi connectivity index (χ0v) is 16.1. The Hall–Kier alpha value is -1.61. The van der Waals surface area contributed by atoms with E-state index < -0.39 is 0 Å². The molecular weight excluding hydrogens is 308 g/mol. The average molecular weight is 341 g/mol. The second kappa shape index (κ2) is 8.18. The molecule has 0 radical (unpaired) electrons. The average Bonchev–Trinajstić information content (AvgIpc) is 2.63. The van der Waals surface area contributed by atoms with Crippen molar-refractivity contribution in [2.24, 2.45) is 11.8 Å². The predicted octanol–water partition coefficient (Wildman–Crippen LogP) is 5.15. The lowest BCUT2D eigenvalue weighted by Crippen LogP contribution is -2.38. The summed E-state index contributed by atoms with van der Waals surface area (Å²) < 4.78 is 5.44. The Bertz CT molecular complexity index is 699. The van der Waals surface area contributed by atoms with Gasteiger partial charge in [0.05, 0.1) is 12.6 Å². The van der Waals surface area contributed by atoms with E-state index in [-0.39, 0.29) is 0 Å². The molecule has 1 N–H and O–H groups in total. The molecule has 0 bridgehead atoms. The number of nitrogens with one attached hydrogen (secondary N) is 1. The third-order valence-electron chi connectivity index (χ3n) is 6.26. The van der Waals surface area contributed by atoms with Crippen molar-refractivity contribution in [2.75, 3.05) is 13.7 Å². The van der Waals surface area contributed by atoms with Crippen LogP contribution in [0.15, 0.2) is 30.5 Å². The summed E-state index contributed by atoms with van der Waals surface area (Å²) in [6.07, 6.45) is 7.11. The molecule has 3 nitrogen and oxygen atoms in total. The number of ether oxygens (including phenoxy) is 1.